The van der Waals surface area contributed by atoms with Crippen molar-refractivity contribution in [1.29, 1.82) is 0 Å². The van der Waals surface area contributed by atoms with Crippen molar-refractivity contribution in [2.45, 2.75) is 46.1 Å². The van der Waals surface area contributed by atoms with E-state index in [0.29, 0.717) is 5.54 Å². The highest BCUT2D eigenvalue weighted by molar-refractivity contribution is 4.98. The van der Waals surface area contributed by atoms with Crippen molar-refractivity contribution in [3.05, 3.63) is 0 Å². The summed E-state index contributed by atoms with van der Waals surface area (Å²) in [6.07, 6.45) is 2.67. The van der Waals surface area contributed by atoms with Gasteiger partial charge in [0.2, 0.25) is 0 Å². The Balaban J connectivity index is 2.53. The molecule has 0 aliphatic carbocycles. The van der Waals surface area contributed by atoms with Crippen LogP contribution in [-0.4, -0.2) is 12.1 Å². The molecule has 0 aromatic rings. The number of hydrogen-bond acceptors (Lipinski definition) is 1. The number of hydrogen-bond donors (Lipinski definition) is 1. The molecule has 1 heteroatoms. The van der Waals surface area contributed by atoms with Gasteiger partial charge in [-0.2, -0.15) is 0 Å². The van der Waals surface area contributed by atoms with E-state index >= 15 is 0 Å². The van der Waals surface area contributed by atoms with Crippen LogP contribution in [0.4, 0.5) is 0 Å². The summed E-state index contributed by atoms with van der Waals surface area (Å²) in [5.74, 6) is 1.68. The van der Waals surface area contributed by atoms with Crippen molar-refractivity contribution in [3.63, 3.8) is 0 Å². The minimum Gasteiger partial charge on any atom is -0.311 e. The van der Waals surface area contributed by atoms with Gasteiger partial charge in [-0.15, -0.1) is 0 Å². The zero-order valence-corrected chi connectivity index (χ0v) is 8.28. The van der Waals surface area contributed by atoms with E-state index in [4.69, 9.17) is 0 Å². The van der Waals surface area contributed by atoms with E-state index in [1.54, 1.807) is 0 Å². The molecule has 1 fully saturated rings. The Morgan fingerprint density at radius 3 is 2.09 bits per heavy atom. The van der Waals surface area contributed by atoms with Gasteiger partial charge >= 0.3 is 0 Å². The first kappa shape index (κ1) is 9.05. The highest BCUT2D eigenvalue weighted by Crippen LogP contribution is 2.34. The van der Waals surface area contributed by atoms with Crippen LogP contribution in [0.3, 0.4) is 0 Å². The standard InChI is InChI=1S/C10H21N/c1-5-9(8(2)3)10(4)6-7-11-10/h8-9,11H,5-7H2,1-4H3. The summed E-state index contributed by atoms with van der Waals surface area (Å²) in [6.45, 7) is 10.6. The van der Waals surface area contributed by atoms with E-state index in [9.17, 15) is 0 Å². The fourth-order valence-corrected chi connectivity index (χ4v) is 2.49. The zero-order valence-electron chi connectivity index (χ0n) is 8.28. The molecule has 0 aromatic heterocycles. The Labute approximate surface area is 70.6 Å². The fraction of sp³-hybridized carbons (Fsp3) is 1.00. The molecule has 1 nitrogen and oxygen atoms in total. The molecule has 0 spiro atoms. The lowest BCUT2D eigenvalue weighted by molar-refractivity contribution is 0.101. The topological polar surface area (TPSA) is 12.0 Å². The maximum atomic E-state index is 3.55. The molecule has 1 saturated heterocycles. The Hall–Kier alpha value is -0.0400. The summed E-state index contributed by atoms with van der Waals surface area (Å²) in [5.41, 5.74) is 0.461. The molecule has 1 N–H and O–H groups in total. The molecule has 0 saturated carbocycles. The van der Waals surface area contributed by atoms with Crippen LogP contribution in [0.15, 0.2) is 0 Å². The van der Waals surface area contributed by atoms with Crippen LogP contribution in [0.5, 0.6) is 0 Å². The second-order valence-corrected chi connectivity index (χ2v) is 4.35. The summed E-state index contributed by atoms with van der Waals surface area (Å²) >= 11 is 0. The van der Waals surface area contributed by atoms with Gasteiger partial charge in [0.1, 0.15) is 0 Å². The van der Waals surface area contributed by atoms with Crippen molar-refractivity contribution in [1.82, 2.24) is 5.32 Å². The molecule has 11 heavy (non-hydrogen) atoms. The Morgan fingerprint density at radius 2 is 2.00 bits per heavy atom. The zero-order chi connectivity index (χ0) is 8.48. The number of rotatable bonds is 3. The van der Waals surface area contributed by atoms with E-state index in [1.807, 2.05) is 0 Å². The Kier molecular flexibility index (Phi) is 2.58. The largest absolute Gasteiger partial charge is 0.311 e. The van der Waals surface area contributed by atoms with Crippen molar-refractivity contribution < 1.29 is 0 Å². The van der Waals surface area contributed by atoms with E-state index in [-0.39, 0.29) is 0 Å². The first-order valence-corrected chi connectivity index (χ1v) is 4.85. The summed E-state index contributed by atoms with van der Waals surface area (Å²) < 4.78 is 0. The smallest absolute Gasteiger partial charge is 0.0195 e. The summed E-state index contributed by atoms with van der Waals surface area (Å²) in [7, 11) is 0. The van der Waals surface area contributed by atoms with Gasteiger partial charge < -0.3 is 5.32 Å². The van der Waals surface area contributed by atoms with Crippen LogP contribution in [-0.2, 0) is 0 Å². The molecule has 0 aromatic carbocycles. The first-order valence-electron chi connectivity index (χ1n) is 4.85. The van der Waals surface area contributed by atoms with Crippen molar-refractivity contribution in [2.24, 2.45) is 11.8 Å². The van der Waals surface area contributed by atoms with Gasteiger partial charge in [-0.25, -0.2) is 0 Å². The molecule has 2 unspecified atom stereocenters. The van der Waals surface area contributed by atoms with Crippen molar-refractivity contribution in [2.75, 3.05) is 6.54 Å². The molecular weight excluding hydrogens is 134 g/mol. The van der Waals surface area contributed by atoms with Crippen LogP contribution in [0.25, 0.3) is 0 Å². The Morgan fingerprint density at radius 1 is 1.45 bits per heavy atom. The van der Waals surface area contributed by atoms with Crippen LogP contribution in [0.2, 0.25) is 0 Å². The molecule has 0 amide bonds. The van der Waals surface area contributed by atoms with Gasteiger partial charge in [0, 0.05) is 5.54 Å². The summed E-state index contributed by atoms with van der Waals surface area (Å²) in [6, 6.07) is 0. The highest BCUT2D eigenvalue weighted by Gasteiger charge is 2.39. The van der Waals surface area contributed by atoms with E-state index in [1.165, 1.54) is 19.4 Å². The van der Waals surface area contributed by atoms with E-state index in [0.717, 1.165) is 11.8 Å². The Bertz CT molecular complexity index is 125. The van der Waals surface area contributed by atoms with Gasteiger partial charge in [0.05, 0.1) is 0 Å². The third-order valence-corrected chi connectivity index (χ3v) is 3.24. The highest BCUT2D eigenvalue weighted by atomic mass is 15.0. The predicted molar refractivity (Wildman–Crippen MR) is 49.6 cm³/mol. The van der Waals surface area contributed by atoms with Gasteiger partial charge in [-0.3, -0.25) is 0 Å². The molecule has 1 aliphatic heterocycles. The molecule has 2 atom stereocenters. The lowest BCUT2D eigenvalue weighted by atomic mass is 9.71. The van der Waals surface area contributed by atoms with Crippen LogP contribution >= 0.6 is 0 Å². The van der Waals surface area contributed by atoms with Crippen LogP contribution in [0.1, 0.15) is 40.5 Å². The third kappa shape index (κ3) is 1.58. The lowest BCUT2D eigenvalue weighted by Gasteiger charge is -2.48. The van der Waals surface area contributed by atoms with Crippen LogP contribution in [0, 0.1) is 11.8 Å². The third-order valence-electron chi connectivity index (χ3n) is 3.24. The molecule has 0 radical (unpaired) electrons. The molecule has 0 bridgehead atoms. The SMILES string of the molecule is CCC(C(C)C)C1(C)CCN1. The second-order valence-electron chi connectivity index (χ2n) is 4.35. The van der Waals surface area contributed by atoms with Gasteiger partial charge in [-0.05, 0) is 31.7 Å². The molecule has 66 valence electrons. The monoisotopic (exact) mass is 155 g/mol. The molecular formula is C10H21N. The molecule has 1 heterocycles. The molecule has 1 aliphatic rings. The second kappa shape index (κ2) is 3.14. The fourth-order valence-electron chi connectivity index (χ4n) is 2.49. The van der Waals surface area contributed by atoms with E-state index in [2.05, 4.69) is 33.0 Å². The lowest BCUT2D eigenvalue weighted by Crippen LogP contribution is -2.60. The summed E-state index contributed by atoms with van der Waals surface area (Å²) in [4.78, 5) is 0. The quantitative estimate of drug-likeness (QED) is 0.660. The first-order chi connectivity index (χ1) is 5.10. The summed E-state index contributed by atoms with van der Waals surface area (Å²) in [5, 5.41) is 3.55. The molecule has 1 rings (SSSR count). The minimum absolute atomic E-state index is 0.461. The van der Waals surface area contributed by atoms with E-state index < -0.39 is 0 Å². The average molecular weight is 155 g/mol. The predicted octanol–water partition coefficient (Wildman–Crippen LogP) is 2.42. The van der Waals surface area contributed by atoms with Gasteiger partial charge in [0.15, 0.2) is 0 Å². The van der Waals surface area contributed by atoms with Gasteiger partial charge in [-0.1, -0.05) is 27.2 Å². The van der Waals surface area contributed by atoms with Crippen molar-refractivity contribution >= 4 is 0 Å². The van der Waals surface area contributed by atoms with Crippen molar-refractivity contribution in [3.8, 4) is 0 Å². The maximum Gasteiger partial charge on any atom is 0.0195 e. The average Bonchev–Trinajstić information content (AvgIpc) is 1.85. The van der Waals surface area contributed by atoms with Crippen LogP contribution < -0.4 is 5.32 Å². The normalized spacial score (nSPS) is 33.5. The number of nitrogens with one attached hydrogen (secondary N) is 1. The maximum absolute atomic E-state index is 3.55. The van der Waals surface area contributed by atoms with Gasteiger partial charge in [0.25, 0.3) is 0 Å². The minimum atomic E-state index is 0.461.